The molecule has 5 heteroatoms. The maximum atomic E-state index is 11.7. The van der Waals surface area contributed by atoms with Gasteiger partial charge in [-0.3, -0.25) is 4.79 Å². The van der Waals surface area contributed by atoms with Gasteiger partial charge in [-0.25, -0.2) is 4.98 Å². The van der Waals surface area contributed by atoms with Crippen LogP contribution in [0.3, 0.4) is 0 Å². The molecule has 2 aromatic heterocycles. The molecule has 1 N–H and O–H groups in total. The highest BCUT2D eigenvalue weighted by Gasteiger charge is 2.11. The highest BCUT2D eigenvalue weighted by Crippen LogP contribution is 2.12. The van der Waals surface area contributed by atoms with Crippen LogP contribution in [-0.4, -0.2) is 10.9 Å². The zero-order valence-electron chi connectivity index (χ0n) is 9.11. The largest absolute Gasteiger partial charge is 0.469 e. The van der Waals surface area contributed by atoms with Crippen molar-refractivity contribution in [3.05, 3.63) is 39.7 Å². The third-order valence-electron chi connectivity index (χ3n) is 2.20. The Morgan fingerprint density at radius 2 is 2.38 bits per heavy atom. The minimum absolute atomic E-state index is 0.114. The standard InChI is InChI=1S/C11H12N2O2S/c1-7-10(3-4-15-7)11(14)13-6-9-5-12-8(2)16-9/h3-5H,6H2,1-2H3,(H,13,14). The topological polar surface area (TPSA) is 55.1 Å². The molecule has 0 radical (unpaired) electrons. The van der Waals surface area contributed by atoms with Gasteiger partial charge >= 0.3 is 0 Å². The second-order valence-electron chi connectivity index (χ2n) is 3.42. The molecule has 0 aliphatic carbocycles. The number of furan rings is 1. The molecule has 16 heavy (non-hydrogen) atoms. The van der Waals surface area contributed by atoms with E-state index in [0.717, 1.165) is 9.88 Å². The molecule has 0 bridgehead atoms. The molecular formula is C11H12N2O2S. The number of carbonyl (C=O) groups excluding carboxylic acids is 1. The van der Waals surface area contributed by atoms with Gasteiger partial charge in [0.05, 0.1) is 23.4 Å². The average molecular weight is 236 g/mol. The number of rotatable bonds is 3. The van der Waals surface area contributed by atoms with Crippen molar-refractivity contribution in [3.63, 3.8) is 0 Å². The van der Waals surface area contributed by atoms with Crippen molar-refractivity contribution >= 4 is 17.2 Å². The molecule has 1 amide bonds. The summed E-state index contributed by atoms with van der Waals surface area (Å²) in [5.41, 5.74) is 0.584. The molecule has 0 aliphatic heterocycles. The summed E-state index contributed by atoms with van der Waals surface area (Å²) in [4.78, 5) is 16.9. The molecule has 0 aromatic carbocycles. The first-order chi connectivity index (χ1) is 7.66. The van der Waals surface area contributed by atoms with E-state index in [1.165, 1.54) is 6.26 Å². The Morgan fingerprint density at radius 3 is 2.94 bits per heavy atom. The van der Waals surface area contributed by atoms with Crippen molar-refractivity contribution in [2.45, 2.75) is 20.4 Å². The zero-order valence-corrected chi connectivity index (χ0v) is 9.93. The third-order valence-corrected chi connectivity index (χ3v) is 3.11. The van der Waals surface area contributed by atoms with E-state index in [1.807, 2.05) is 6.92 Å². The number of hydrogen-bond donors (Lipinski definition) is 1. The molecule has 4 nitrogen and oxygen atoms in total. The number of carbonyl (C=O) groups is 1. The molecule has 0 spiro atoms. The molecule has 0 atom stereocenters. The lowest BCUT2D eigenvalue weighted by atomic mass is 10.2. The number of nitrogens with one attached hydrogen (secondary N) is 1. The van der Waals surface area contributed by atoms with Crippen LogP contribution in [0.5, 0.6) is 0 Å². The SMILES string of the molecule is Cc1ncc(CNC(=O)c2ccoc2C)s1. The predicted octanol–water partition coefficient (Wildman–Crippen LogP) is 2.28. The van der Waals surface area contributed by atoms with Crippen LogP contribution in [0.2, 0.25) is 0 Å². The van der Waals surface area contributed by atoms with Gasteiger partial charge in [-0.1, -0.05) is 0 Å². The Morgan fingerprint density at radius 1 is 1.56 bits per heavy atom. The number of nitrogens with zero attached hydrogens (tertiary/aromatic N) is 1. The summed E-state index contributed by atoms with van der Waals surface area (Å²) < 4.78 is 5.07. The van der Waals surface area contributed by atoms with Gasteiger partial charge in [-0.05, 0) is 19.9 Å². The fourth-order valence-electron chi connectivity index (χ4n) is 1.37. The van der Waals surface area contributed by atoms with Gasteiger partial charge < -0.3 is 9.73 Å². The molecule has 0 aliphatic rings. The number of thiazole rings is 1. The zero-order chi connectivity index (χ0) is 11.5. The number of aryl methyl sites for hydroxylation is 2. The fraction of sp³-hybridized carbons (Fsp3) is 0.273. The van der Waals surface area contributed by atoms with Crippen molar-refractivity contribution in [1.29, 1.82) is 0 Å². The number of hydrogen-bond acceptors (Lipinski definition) is 4. The molecule has 2 rings (SSSR count). The number of amides is 1. The second-order valence-corrected chi connectivity index (χ2v) is 4.74. The van der Waals surface area contributed by atoms with E-state index in [1.54, 1.807) is 30.5 Å². The molecule has 2 aromatic rings. The Bertz CT molecular complexity index is 502. The minimum Gasteiger partial charge on any atom is -0.469 e. The molecule has 0 saturated carbocycles. The van der Waals surface area contributed by atoms with Gasteiger partial charge in [0.25, 0.3) is 5.91 Å². The molecule has 2 heterocycles. The lowest BCUT2D eigenvalue weighted by Gasteiger charge is -2.01. The Hall–Kier alpha value is -1.62. The van der Waals surface area contributed by atoms with Gasteiger partial charge in [-0.15, -0.1) is 11.3 Å². The summed E-state index contributed by atoms with van der Waals surface area (Å²) in [6, 6.07) is 1.67. The van der Waals surface area contributed by atoms with Crippen LogP contribution in [0, 0.1) is 13.8 Å². The van der Waals surface area contributed by atoms with Crippen LogP contribution < -0.4 is 5.32 Å². The van der Waals surface area contributed by atoms with Gasteiger partial charge in [0.2, 0.25) is 0 Å². The van der Waals surface area contributed by atoms with Crippen LogP contribution >= 0.6 is 11.3 Å². The van der Waals surface area contributed by atoms with E-state index in [9.17, 15) is 4.79 Å². The lowest BCUT2D eigenvalue weighted by Crippen LogP contribution is -2.22. The van der Waals surface area contributed by atoms with Gasteiger partial charge in [0.1, 0.15) is 5.76 Å². The maximum Gasteiger partial charge on any atom is 0.255 e. The van der Waals surface area contributed by atoms with E-state index in [-0.39, 0.29) is 5.91 Å². The fourth-order valence-corrected chi connectivity index (χ4v) is 2.10. The van der Waals surface area contributed by atoms with Gasteiger partial charge in [-0.2, -0.15) is 0 Å². The number of aromatic nitrogens is 1. The molecule has 0 unspecified atom stereocenters. The van der Waals surface area contributed by atoms with Crippen molar-refractivity contribution < 1.29 is 9.21 Å². The second kappa shape index (κ2) is 4.49. The highest BCUT2D eigenvalue weighted by atomic mass is 32.1. The van der Waals surface area contributed by atoms with E-state index < -0.39 is 0 Å². The Kier molecular flexibility index (Phi) is 3.05. The van der Waals surface area contributed by atoms with E-state index in [2.05, 4.69) is 10.3 Å². The summed E-state index contributed by atoms with van der Waals surface area (Å²) in [7, 11) is 0. The first-order valence-corrected chi connectivity index (χ1v) is 5.72. The molecule has 0 saturated heterocycles. The van der Waals surface area contributed by atoms with Gasteiger partial charge in [0.15, 0.2) is 0 Å². The highest BCUT2D eigenvalue weighted by molar-refractivity contribution is 7.11. The average Bonchev–Trinajstić information content (AvgIpc) is 2.84. The normalized spacial score (nSPS) is 10.4. The predicted molar refractivity (Wildman–Crippen MR) is 61.5 cm³/mol. The summed E-state index contributed by atoms with van der Waals surface area (Å²) in [5, 5.41) is 3.83. The first-order valence-electron chi connectivity index (χ1n) is 4.90. The Labute approximate surface area is 97.3 Å². The summed E-state index contributed by atoms with van der Waals surface area (Å²) in [6.45, 7) is 4.22. The van der Waals surface area contributed by atoms with Gasteiger partial charge in [0, 0.05) is 11.1 Å². The maximum absolute atomic E-state index is 11.7. The van der Waals surface area contributed by atoms with Crippen LogP contribution in [0.15, 0.2) is 22.9 Å². The van der Waals surface area contributed by atoms with Crippen LogP contribution in [-0.2, 0) is 6.54 Å². The molecule has 84 valence electrons. The lowest BCUT2D eigenvalue weighted by molar-refractivity contribution is 0.0950. The van der Waals surface area contributed by atoms with Crippen molar-refractivity contribution in [2.75, 3.05) is 0 Å². The van der Waals surface area contributed by atoms with E-state index in [4.69, 9.17) is 4.42 Å². The first kappa shape index (κ1) is 10.9. The Balaban J connectivity index is 1.96. The smallest absolute Gasteiger partial charge is 0.255 e. The van der Waals surface area contributed by atoms with E-state index in [0.29, 0.717) is 17.9 Å². The molecular weight excluding hydrogens is 224 g/mol. The van der Waals surface area contributed by atoms with Crippen molar-refractivity contribution in [1.82, 2.24) is 10.3 Å². The van der Waals surface area contributed by atoms with Crippen LogP contribution in [0.25, 0.3) is 0 Å². The summed E-state index contributed by atoms with van der Waals surface area (Å²) >= 11 is 1.58. The van der Waals surface area contributed by atoms with Crippen LogP contribution in [0.1, 0.15) is 26.0 Å². The molecule has 0 fully saturated rings. The van der Waals surface area contributed by atoms with Crippen molar-refractivity contribution in [3.8, 4) is 0 Å². The van der Waals surface area contributed by atoms with E-state index >= 15 is 0 Å². The summed E-state index contributed by atoms with van der Waals surface area (Å²) in [5.74, 6) is 0.523. The van der Waals surface area contributed by atoms with Crippen LogP contribution in [0.4, 0.5) is 0 Å². The quantitative estimate of drug-likeness (QED) is 0.889. The monoisotopic (exact) mass is 236 g/mol. The minimum atomic E-state index is -0.114. The summed E-state index contributed by atoms with van der Waals surface area (Å²) in [6.07, 6.45) is 3.30. The third kappa shape index (κ3) is 2.30. The van der Waals surface area contributed by atoms with Crippen molar-refractivity contribution in [2.24, 2.45) is 0 Å².